The highest BCUT2D eigenvalue weighted by atomic mass is 32.2. The number of benzene rings is 4. The van der Waals surface area contributed by atoms with E-state index in [4.69, 9.17) is 0 Å². The van der Waals surface area contributed by atoms with Gasteiger partial charge in [0, 0.05) is 11.6 Å². The van der Waals surface area contributed by atoms with Gasteiger partial charge in [-0.05, 0) is 70.0 Å². The smallest absolute Gasteiger partial charge is 0.255 e. The van der Waals surface area contributed by atoms with Crippen LogP contribution in [0.15, 0.2) is 108 Å². The summed E-state index contributed by atoms with van der Waals surface area (Å²) >= 11 is 0. The fourth-order valence-corrected chi connectivity index (χ4v) is 6.70. The molecule has 0 atom stereocenters. The fourth-order valence-electron chi connectivity index (χ4n) is 5.04. The third-order valence-electron chi connectivity index (χ3n) is 6.75. The number of hydrogen-bond donors (Lipinski definition) is 0. The summed E-state index contributed by atoms with van der Waals surface area (Å²) in [6.07, 6.45) is -2.53. The summed E-state index contributed by atoms with van der Waals surface area (Å²) in [6, 6.07) is 28.1. The van der Waals surface area contributed by atoms with Crippen LogP contribution in [0.3, 0.4) is 0 Å². The third-order valence-corrected chi connectivity index (χ3v) is 8.83. The zero-order valence-electron chi connectivity index (χ0n) is 22.1. The molecule has 0 aliphatic rings. The molecule has 0 bridgehead atoms. The van der Waals surface area contributed by atoms with Crippen LogP contribution in [0.25, 0.3) is 33.2 Å². The number of hydrogen-bond acceptors (Lipinski definition) is 3. The van der Waals surface area contributed by atoms with E-state index in [-0.39, 0.29) is 22.1 Å². The van der Waals surface area contributed by atoms with Gasteiger partial charge in [-0.25, -0.2) is 8.42 Å². The van der Waals surface area contributed by atoms with Gasteiger partial charge in [-0.1, -0.05) is 86.6 Å². The number of pyridine rings is 1. The highest BCUT2D eigenvalue weighted by Crippen LogP contribution is 2.40. The standard InChI is InChI=1S/C33H28F3NO2S/c1-22(2)21-40(38,39)28-14-7-12-25(19-28)24-11-6-13-26(18-24)31-27(17-23-9-4-3-5-10-23)20-37-32-29(31)15-8-16-30(32)33(34,35)36/h3-16,18-20,22H,17,21H2,1-2H3. The topological polar surface area (TPSA) is 47.0 Å². The van der Waals surface area contributed by atoms with E-state index >= 15 is 0 Å². The van der Waals surface area contributed by atoms with Crippen molar-refractivity contribution < 1.29 is 21.6 Å². The fraction of sp³-hybridized carbons (Fsp3) is 0.182. The summed E-state index contributed by atoms with van der Waals surface area (Å²) in [5.41, 5.74) is 3.80. The van der Waals surface area contributed by atoms with Gasteiger partial charge in [-0.15, -0.1) is 0 Å². The monoisotopic (exact) mass is 559 g/mol. The number of rotatable bonds is 7. The lowest BCUT2D eigenvalue weighted by atomic mass is 9.90. The van der Waals surface area contributed by atoms with Gasteiger partial charge in [0.1, 0.15) is 0 Å². The molecular formula is C33H28F3NO2S. The molecule has 5 rings (SSSR count). The molecule has 204 valence electrons. The van der Waals surface area contributed by atoms with Crippen LogP contribution < -0.4 is 0 Å². The van der Waals surface area contributed by atoms with E-state index in [1.54, 1.807) is 24.3 Å². The molecule has 0 aliphatic heterocycles. The zero-order chi connectivity index (χ0) is 28.5. The van der Waals surface area contributed by atoms with Crippen LogP contribution >= 0.6 is 0 Å². The summed E-state index contributed by atoms with van der Waals surface area (Å²) in [7, 11) is -3.46. The van der Waals surface area contributed by atoms with Crippen LogP contribution in [0.5, 0.6) is 0 Å². The maximum Gasteiger partial charge on any atom is 0.418 e. The zero-order valence-corrected chi connectivity index (χ0v) is 22.9. The molecule has 7 heteroatoms. The molecule has 0 saturated heterocycles. The normalized spacial score (nSPS) is 12.2. The third kappa shape index (κ3) is 5.80. The van der Waals surface area contributed by atoms with Crippen molar-refractivity contribution in [2.24, 2.45) is 5.92 Å². The largest absolute Gasteiger partial charge is 0.418 e. The van der Waals surface area contributed by atoms with Crippen LogP contribution in [0.2, 0.25) is 0 Å². The summed E-state index contributed by atoms with van der Waals surface area (Å²) in [5, 5.41) is 0.411. The van der Waals surface area contributed by atoms with Crippen molar-refractivity contribution in [3.8, 4) is 22.3 Å². The Morgan fingerprint density at radius 3 is 2.12 bits per heavy atom. The maximum atomic E-state index is 13.9. The predicted molar refractivity (Wildman–Crippen MR) is 154 cm³/mol. The molecule has 4 aromatic carbocycles. The second-order valence-corrected chi connectivity index (χ2v) is 12.3. The highest BCUT2D eigenvalue weighted by Gasteiger charge is 2.33. The van der Waals surface area contributed by atoms with Crippen molar-refractivity contribution in [2.75, 3.05) is 5.75 Å². The Hall–Kier alpha value is -3.97. The van der Waals surface area contributed by atoms with Crippen molar-refractivity contribution in [3.63, 3.8) is 0 Å². The van der Waals surface area contributed by atoms with Gasteiger partial charge in [0.05, 0.1) is 21.7 Å². The van der Waals surface area contributed by atoms with Crippen molar-refractivity contribution in [3.05, 3.63) is 120 Å². The van der Waals surface area contributed by atoms with Crippen molar-refractivity contribution in [1.82, 2.24) is 4.98 Å². The second-order valence-electron chi connectivity index (χ2n) is 10.3. The summed E-state index contributed by atoms with van der Waals surface area (Å²) in [6.45, 7) is 3.72. The molecule has 40 heavy (non-hydrogen) atoms. The molecule has 3 nitrogen and oxygen atoms in total. The van der Waals surface area contributed by atoms with Gasteiger partial charge in [0.2, 0.25) is 0 Å². The van der Waals surface area contributed by atoms with E-state index < -0.39 is 21.6 Å². The molecular weight excluding hydrogens is 531 g/mol. The van der Waals surface area contributed by atoms with Crippen molar-refractivity contribution >= 4 is 20.7 Å². The summed E-state index contributed by atoms with van der Waals surface area (Å²) in [4.78, 5) is 4.53. The Bertz CT molecular complexity index is 1780. The molecule has 0 saturated carbocycles. The van der Waals surface area contributed by atoms with Crippen LogP contribution in [-0.4, -0.2) is 19.2 Å². The molecule has 0 fully saturated rings. The molecule has 1 heterocycles. The minimum atomic E-state index is -4.55. The number of fused-ring (bicyclic) bond motifs is 1. The molecule has 0 unspecified atom stereocenters. The Balaban J connectivity index is 1.69. The average molecular weight is 560 g/mol. The minimum Gasteiger partial charge on any atom is -0.255 e. The number of alkyl halides is 3. The van der Waals surface area contributed by atoms with Gasteiger partial charge < -0.3 is 0 Å². The number of nitrogens with zero attached hydrogens (tertiary/aromatic N) is 1. The second kappa shape index (κ2) is 10.9. The first-order valence-electron chi connectivity index (χ1n) is 13.0. The number of para-hydroxylation sites is 1. The molecule has 0 spiro atoms. The van der Waals surface area contributed by atoms with E-state index in [1.165, 1.54) is 12.3 Å². The predicted octanol–water partition coefficient (Wildman–Crippen LogP) is 8.61. The number of aromatic nitrogens is 1. The first-order chi connectivity index (χ1) is 19.0. The highest BCUT2D eigenvalue weighted by molar-refractivity contribution is 7.91. The number of halogens is 3. The Labute approximate surface area is 232 Å². The quantitative estimate of drug-likeness (QED) is 0.201. The Morgan fingerprint density at radius 1 is 0.775 bits per heavy atom. The molecule has 0 radical (unpaired) electrons. The maximum absolute atomic E-state index is 13.9. The molecule has 0 N–H and O–H groups in total. The van der Waals surface area contributed by atoms with E-state index in [2.05, 4.69) is 4.98 Å². The summed E-state index contributed by atoms with van der Waals surface area (Å²) in [5.74, 6) is 0.0331. The minimum absolute atomic E-state index is 0.0124. The molecule has 5 aromatic rings. The summed E-state index contributed by atoms with van der Waals surface area (Å²) < 4.78 is 67.5. The van der Waals surface area contributed by atoms with Gasteiger partial charge in [-0.2, -0.15) is 13.2 Å². The Kier molecular flexibility index (Phi) is 7.51. The van der Waals surface area contributed by atoms with E-state index in [9.17, 15) is 21.6 Å². The van der Waals surface area contributed by atoms with Gasteiger partial charge in [0.15, 0.2) is 9.84 Å². The lowest BCUT2D eigenvalue weighted by Crippen LogP contribution is -2.11. The van der Waals surface area contributed by atoms with E-state index in [0.29, 0.717) is 22.9 Å². The first kappa shape index (κ1) is 27.6. The van der Waals surface area contributed by atoms with Gasteiger partial charge in [-0.3, -0.25) is 4.98 Å². The SMILES string of the molecule is CC(C)CS(=O)(=O)c1cccc(-c2cccc(-c3c(Cc4ccccc4)cnc4c(C(F)(F)F)cccc34)c2)c1. The number of sulfone groups is 1. The first-order valence-corrected chi connectivity index (χ1v) is 14.6. The van der Waals surface area contributed by atoms with Gasteiger partial charge >= 0.3 is 6.18 Å². The Morgan fingerprint density at radius 2 is 1.43 bits per heavy atom. The van der Waals surface area contributed by atoms with Crippen molar-refractivity contribution in [2.45, 2.75) is 31.3 Å². The van der Waals surface area contributed by atoms with E-state index in [1.807, 2.05) is 74.5 Å². The van der Waals surface area contributed by atoms with Crippen LogP contribution in [0, 0.1) is 5.92 Å². The average Bonchev–Trinajstić information content (AvgIpc) is 2.92. The lowest BCUT2D eigenvalue weighted by Gasteiger charge is -2.17. The van der Waals surface area contributed by atoms with E-state index in [0.717, 1.165) is 28.3 Å². The molecule has 1 aromatic heterocycles. The lowest BCUT2D eigenvalue weighted by molar-refractivity contribution is -0.136. The van der Waals surface area contributed by atoms with Crippen molar-refractivity contribution in [1.29, 1.82) is 0 Å². The van der Waals surface area contributed by atoms with Crippen LogP contribution in [0.4, 0.5) is 13.2 Å². The molecule has 0 amide bonds. The van der Waals surface area contributed by atoms with Crippen LogP contribution in [-0.2, 0) is 22.4 Å². The van der Waals surface area contributed by atoms with Gasteiger partial charge in [0.25, 0.3) is 0 Å². The molecule has 0 aliphatic carbocycles. The van der Waals surface area contributed by atoms with Crippen LogP contribution in [0.1, 0.15) is 30.5 Å².